The molecular formula is C23H20N6O2. The van der Waals surface area contributed by atoms with E-state index in [4.69, 9.17) is 14.7 Å². The summed E-state index contributed by atoms with van der Waals surface area (Å²) >= 11 is 0. The molecule has 154 valence electrons. The Morgan fingerprint density at radius 3 is 2.65 bits per heavy atom. The van der Waals surface area contributed by atoms with Crippen LogP contribution < -0.4 is 5.56 Å². The molecule has 0 radical (unpaired) electrons. The van der Waals surface area contributed by atoms with Gasteiger partial charge in [-0.3, -0.25) is 9.36 Å². The summed E-state index contributed by atoms with van der Waals surface area (Å²) in [5.41, 5.74) is 4.72. The number of methoxy groups -OCH3 is 1. The molecule has 0 atom stereocenters. The Kier molecular flexibility index (Phi) is 4.76. The van der Waals surface area contributed by atoms with Crippen molar-refractivity contribution in [2.45, 2.75) is 13.5 Å². The van der Waals surface area contributed by atoms with E-state index in [1.807, 2.05) is 55.5 Å². The second kappa shape index (κ2) is 7.73. The third-order valence-electron chi connectivity index (χ3n) is 5.11. The molecule has 5 aromatic rings. The smallest absolute Gasteiger partial charge is 0.265 e. The highest BCUT2D eigenvalue weighted by molar-refractivity contribution is 6.04. The molecule has 0 bridgehead atoms. The summed E-state index contributed by atoms with van der Waals surface area (Å²) in [4.78, 5) is 27.3. The highest BCUT2D eigenvalue weighted by atomic mass is 16.5. The number of benzene rings is 2. The number of aryl methyl sites for hydroxylation is 1. The Bertz CT molecular complexity index is 1520. The number of hydrogen-bond donors (Lipinski definition) is 0. The van der Waals surface area contributed by atoms with E-state index in [-0.39, 0.29) is 5.56 Å². The maximum atomic E-state index is 13.3. The molecule has 0 saturated carbocycles. The van der Waals surface area contributed by atoms with Gasteiger partial charge >= 0.3 is 0 Å². The van der Waals surface area contributed by atoms with Gasteiger partial charge in [-0.1, -0.05) is 42.0 Å². The van der Waals surface area contributed by atoms with Crippen molar-refractivity contribution in [2.75, 3.05) is 13.7 Å². The van der Waals surface area contributed by atoms with Crippen molar-refractivity contribution >= 4 is 39.4 Å². The molecule has 0 spiro atoms. The first-order chi connectivity index (χ1) is 15.2. The van der Waals surface area contributed by atoms with Crippen LogP contribution in [0.25, 0.3) is 33.2 Å². The van der Waals surface area contributed by atoms with Crippen LogP contribution in [0.5, 0.6) is 0 Å². The molecule has 0 unspecified atom stereocenters. The fourth-order valence-electron chi connectivity index (χ4n) is 3.59. The van der Waals surface area contributed by atoms with E-state index in [2.05, 4.69) is 10.1 Å². The van der Waals surface area contributed by atoms with Gasteiger partial charge in [0, 0.05) is 7.11 Å². The van der Waals surface area contributed by atoms with Crippen LogP contribution in [-0.4, -0.2) is 44.1 Å². The number of para-hydroxylation sites is 2. The zero-order valence-corrected chi connectivity index (χ0v) is 17.2. The topological polar surface area (TPSA) is 87.2 Å². The minimum Gasteiger partial charge on any atom is -0.383 e. The van der Waals surface area contributed by atoms with Crippen LogP contribution in [0.2, 0.25) is 0 Å². The Morgan fingerprint density at radius 1 is 1.06 bits per heavy atom. The Labute approximate surface area is 177 Å². The summed E-state index contributed by atoms with van der Waals surface area (Å²) in [5, 5.41) is 5.02. The molecule has 8 nitrogen and oxygen atoms in total. The largest absolute Gasteiger partial charge is 0.383 e. The second-order valence-corrected chi connectivity index (χ2v) is 7.29. The third-order valence-corrected chi connectivity index (χ3v) is 5.11. The van der Waals surface area contributed by atoms with Crippen LogP contribution in [0.3, 0.4) is 0 Å². The van der Waals surface area contributed by atoms with Crippen LogP contribution in [0, 0.1) is 6.92 Å². The first-order valence-electron chi connectivity index (χ1n) is 9.92. The predicted molar refractivity (Wildman–Crippen MR) is 121 cm³/mol. The fraction of sp³-hybridized carbons (Fsp3) is 0.174. The molecule has 2 aromatic carbocycles. The molecule has 0 saturated heterocycles. The molecule has 0 amide bonds. The molecule has 0 aliphatic heterocycles. The maximum absolute atomic E-state index is 13.3. The zero-order chi connectivity index (χ0) is 21.4. The minimum absolute atomic E-state index is 0.193. The number of hydrogen-bond acceptors (Lipinski definition) is 6. The van der Waals surface area contributed by atoms with E-state index in [1.54, 1.807) is 18.0 Å². The van der Waals surface area contributed by atoms with Gasteiger partial charge in [-0.2, -0.15) is 9.78 Å². The molecular weight excluding hydrogens is 392 g/mol. The van der Waals surface area contributed by atoms with Crippen molar-refractivity contribution in [2.24, 2.45) is 5.10 Å². The SMILES string of the molecule is COCCn1cnc2c(c1=O)c1nc3ccccc3nc1n2N=Cc1cccc(C)c1. The summed E-state index contributed by atoms with van der Waals surface area (Å²) < 4.78 is 8.23. The average molecular weight is 412 g/mol. The Hall–Kier alpha value is -3.91. The van der Waals surface area contributed by atoms with Crippen molar-refractivity contribution in [1.29, 1.82) is 0 Å². The standard InChI is InChI=1S/C23H20N6O2/c1-15-6-5-7-16(12-15)13-25-29-21-19(23(30)28(14-24-21)10-11-31-2)20-22(29)27-18-9-4-3-8-17(18)26-20/h3-9,12-14H,10-11H2,1-2H3. The van der Waals surface area contributed by atoms with Crippen molar-refractivity contribution in [3.8, 4) is 0 Å². The molecule has 5 rings (SSSR count). The monoisotopic (exact) mass is 412 g/mol. The van der Waals surface area contributed by atoms with E-state index < -0.39 is 0 Å². The lowest BCUT2D eigenvalue weighted by Gasteiger charge is -2.04. The molecule has 3 heterocycles. The van der Waals surface area contributed by atoms with Gasteiger partial charge in [0.25, 0.3) is 5.56 Å². The highest BCUT2D eigenvalue weighted by Gasteiger charge is 2.19. The molecule has 0 aliphatic rings. The molecule has 31 heavy (non-hydrogen) atoms. The number of ether oxygens (including phenoxy) is 1. The predicted octanol–water partition coefficient (Wildman–Crippen LogP) is 3.13. The van der Waals surface area contributed by atoms with Gasteiger partial charge in [0.2, 0.25) is 0 Å². The Balaban J connectivity index is 1.80. The molecule has 0 fully saturated rings. The fourth-order valence-corrected chi connectivity index (χ4v) is 3.59. The summed E-state index contributed by atoms with van der Waals surface area (Å²) in [6.07, 6.45) is 3.25. The number of nitrogens with zero attached hydrogens (tertiary/aromatic N) is 6. The number of aromatic nitrogens is 5. The zero-order valence-electron chi connectivity index (χ0n) is 17.2. The van der Waals surface area contributed by atoms with Crippen molar-refractivity contribution < 1.29 is 4.74 Å². The van der Waals surface area contributed by atoms with Gasteiger partial charge in [-0.25, -0.2) is 15.0 Å². The first kappa shape index (κ1) is 19.1. The van der Waals surface area contributed by atoms with Gasteiger partial charge in [0.05, 0.1) is 30.4 Å². The molecule has 3 aromatic heterocycles. The summed E-state index contributed by atoms with van der Waals surface area (Å²) in [6.45, 7) is 2.84. The van der Waals surface area contributed by atoms with Crippen LogP contribution in [0.1, 0.15) is 11.1 Å². The third kappa shape index (κ3) is 3.36. The molecule has 0 aliphatic carbocycles. The highest BCUT2D eigenvalue weighted by Crippen LogP contribution is 2.24. The lowest BCUT2D eigenvalue weighted by Crippen LogP contribution is -2.22. The quantitative estimate of drug-likeness (QED) is 0.414. The summed E-state index contributed by atoms with van der Waals surface area (Å²) in [7, 11) is 1.60. The lowest BCUT2D eigenvalue weighted by molar-refractivity contribution is 0.186. The van der Waals surface area contributed by atoms with Crippen LogP contribution in [0.4, 0.5) is 0 Å². The minimum atomic E-state index is -0.193. The van der Waals surface area contributed by atoms with E-state index in [0.29, 0.717) is 40.9 Å². The first-order valence-corrected chi connectivity index (χ1v) is 9.92. The Morgan fingerprint density at radius 2 is 1.87 bits per heavy atom. The van der Waals surface area contributed by atoms with E-state index in [9.17, 15) is 4.79 Å². The van der Waals surface area contributed by atoms with Crippen LogP contribution >= 0.6 is 0 Å². The molecule has 0 N–H and O–H groups in total. The number of rotatable bonds is 5. The van der Waals surface area contributed by atoms with Crippen LogP contribution in [0.15, 0.2) is 64.8 Å². The van der Waals surface area contributed by atoms with Gasteiger partial charge in [-0.15, -0.1) is 0 Å². The summed E-state index contributed by atoms with van der Waals surface area (Å²) in [5.74, 6) is 0. The van der Waals surface area contributed by atoms with E-state index >= 15 is 0 Å². The summed E-state index contributed by atoms with van der Waals surface area (Å²) in [6, 6.07) is 15.6. The molecule has 8 heteroatoms. The number of fused-ring (bicyclic) bond motifs is 4. The lowest BCUT2D eigenvalue weighted by atomic mass is 10.2. The normalized spacial score (nSPS) is 11.9. The van der Waals surface area contributed by atoms with Crippen molar-refractivity contribution in [3.05, 3.63) is 76.3 Å². The van der Waals surface area contributed by atoms with E-state index in [1.165, 1.54) is 10.9 Å². The average Bonchev–Trinajstić information content (AvgIpc) is 3.09. The second-order valence-electron chi connectivity index (χ2n) is 7.29. The van der Waals surface area contributed by atoms with E-state index in [0.717, 1.165) is 16.6 Å². The maximum Gasteiger partial charge on any atom is 0.265 e. The van der Waals surface area contributed by atoms with Gasteiger partial charge in [-0.05, 0) is 24.6 Å². The van der Waals surface area contributed by atoms with Crippen LogP contribution in [-0.2, 0) is 11.3 Å². The van der Waals surface area contributed by atoms with Crippen molar-refractivity contribution in [3.63, 3.8) is 0 Å². The van der Waals surface area contributed by atoms with Crippen molar-refractivity contribution in [1.82, 2.24) is 24.2 Å². The van der Waals surface area contributed by atoms with Gasteiger partial charge in [0.1, 0.15) is 17.2 Å². The van der Waals surface area contributed by atoms with Gasteiger partial charge < -0.3 is 4.74 Å². The van der Waals surface area contributed by atoms with Gasteiger partial charge in [0.15, 0.2) is 11.3 Å².